The van der Waals surface area contributed by atoms with E-state index in [-0.39, 0.29) is 12.4 Å². The van der Waals surface area contributed by atoms with Gasteiger partial charge in [-0.05, 0) is 29.5 Å². The minimum Gasteiger partial charge on any atom is -0.325 e. The molecule has 0 saturated carbocycles. The molecule has 0 atom stereocenters. The molecule has 58 valence electrons. The van der Waals surface area contributed by atoms with E-state index in [1.807, 2.05) is 22.6 Å². The van der Waals surface area contributed by atoms with Crippen molar-refractivity contribution >= 4 is 28.3 Å². The number of hydrogen-bond acceptors (Lipinski definition) is 2. The van der Waals surface area contributed by atoms with Crippen molar-refractivity contribution in [2.75, 3.05) is 13.6 Å². The molecule has 0 spiro atoms. The molecular weight excluding hydrogens is 246 g/mol. The van der Waals surface area contributed by atoms with Crippen LogP contribution in [0.5, 0.6) is 0 Å². The van der Waals surface area contributed by atoms with E-state index in [1.165, 1.54) is 7.05 Å². The van der Waals surface area contributed by atoms with Crippen LogP contribution in [-0.4, -0.2) is 19.3 Å². The lowest BCUT2D eigenvalue weighted by Crippen LogP contribution is -2.14. The summed E-state index contributed by atoms with van der Waals surface area (Å²) in [6.45, 7) is 1.83. The largest absolute Gasteiger partial charge is 0.325 e. The summed E-state index contributed by atoms with van der Waals surface area (Å²) in [6, 6.07) is 0. The first-order chi connectivity index (χ1) is 4.63. The fourth-order valence-corrected chi connectivity index (χ4v) is 0.789. The van der Waals surface area contributed by atoms with Crippen molar-refractivity contribution in [1.82, 2.24) is 0 Å². The highest BCUT2D eigenvalue weighted by Gasteiger charge is 2.04. The Bertz CT molecular complexity index is 171. The van der Waals surface area contributed by atoms with E-state index in [9.17, 15) is 4.39 Å². The Balaban J connectivity index is 4.48. The van der Waals surface area contributed by atoms with E-state index in [4.69, 9.17) is 5.73 Å². The van der Waals surface area contributed by atoms with Gasteiger partial charge in [-0.3, -0.25) is 4.99 Å². The molecule has 0 aliphatic carbocycles. The fourth-order valence-electron chi connectivity index (χ4n) is 0.478. The van der Waals surface area contributed by atoms with Gasteiger partial charge in [0.25, 0.3) is 0 Å². The van der Waals surface area contributed by atoms with Crippen molar-refractivity contribution in [1.29, 1.82) is 0 Å². The number of nitrogens with two attached hydrogens (primary N) is 1. The van der Waals surface area contributed by atoms with Gasteiger partial charge in [0.1, 0.15) is 0 Å². The highest BCUT2D eigenvalue weighted by Crippen LogP contribution is 2.13. The molecule has 2 N–H and O–H groups in total. The second-order valence-corrected chi connectivity index (χ2v) is 3.34. The SMILES string of the molecule is C/N=C(CN)\C(F)=C(/C)I. The van der Waals surface area contributed by atoms with E-state index >= 15 is 0 Å². The predicted molar refractivity (Wildman–Crippen MR) is 50.2 cm³/mol. The van der Waals surface area contributed by atoms with Gasteiger partial charge in [0, 0.05) is 17.2 Å². The van der Waals surface area contributed by atoms with Crippen LogP contribution in [-0.2, 0) is 0 Å². The predicted octanol–water partition coefficient (Wildman–Crippen LogP) is 1.65. The van der Waals surface area contributed by atoms with Crippen LogP contribution in [0.25, 0.3) is 0 Å². The third-order valence-corrected chi connectivity index (χ3v) is 1.49. The summed E-state index contributed by atoms with van der Waals surface area (Å²) in [6.07, 6.45) is 0. The number of hydrogen-bond donors (Lipinski definition) is 1. The van der Waals surface area contributed by atoms with Crippen LogP contribution >= 0.6 is 22.6 Å². The van der Waals surface area contributed by atoms with E-state index in [0.717, 1.165) is 0 Å². The molecule has 0 aliphatic heterocycles. The normalized spacial score (nSPS) is 15.1. The first-order valence-electron chi connectivity index (χ1n) is 2.81. The third-order valence-electron chi connectivity index (χ3n) is 1.02. The van der Waals surface area contributed by atoms with Crippen molar-refractivity contribution in [3.8, 4) is 0 Å². The zero-order valence-corrected chi connectivity index (χ0v) is 8.15. The summed E-state index contributed by atoms with van der Waals surface area (Å²) in [4.78, 5) is 3.68. The Labute approximate surface area is 73.5 Å². The van der Waals surface area contributed by atoms with Crippen LogP contribution in [0, 0.1) is 0 Å². The average molecular weight is 256 g/mol. The zero-order valence-electron chi connectivity index (χ0n) is 5.99. The lowest BCUT2D eigenvalue weighted by Gasteiger charge is -1.98. The van der Waals surface area contributed by atoms with Crippen LogP contribution in [0.3, 0.4) is 0 Å². The molecule has 0 aromatic rings. The molecule has 0 rings (SSSR count). The van der Waals surface area contributed by atoms with E-state index in [1.54, 1.807) is 6.92 Å². The maximum Gasteiger partial charge on any atom is 0.154 e. The van der Waals surface area contributed by atoms with Crippen molar-refractivity contribution in [2.24, 2.45) is 10.7 Å². The Kier molecular flexibility index (Phi) is 4.80. The minimum atomic E-state index is -0.300. The second kappa shape index (κ2) is 4.79. The number of halogens is 2. The van der Waals surface area contributed by atoms with Gasteiger partial charge in [-0.15, -0.1) is 0 Å². The van der Waals surface area contributed by atoms with E-state index in [2.05, 4.69) is 4.99 Å². The van der Waals surface area contributed by atoms with Gasteiger partial charge >= 0.3 is 0 Å². The molecule has 0 saturated heterocycles. The van der Waals surface area contributed by atoms with Gasteiger partial charge in [0.2, 0.25) is 0 Å². The molecule has 10 heavy (non-hydrogen) atoms. The number of nitrogens with zero attached hydrogens (tertiary/aromatic N) is 1. The van der Waals surface area contributed by atoms with Crippen molar-refractivity contribution in [2.45, 2.75) is 6.92 Å². The molecular formula is C6H10FIN2. The van der Waals surface area contributed by atoms with Gasteiger partial charge in [0.05, 0.1) is 5.71 Å². The molecule has 0 amide bonds. The van der Waals surface area contributed by atoms with E-state index in [0.29, 0.717) is 9.29 Å². The minimum absolute atomic E-state index is 0.155. The van der Waals surface area contributed by atoms with Gasteiger partial charge in [-0.25, -0.2) is 4.39 Å². The molecule has 0 heterocycles. The van der Waals surface area contributed by atoms with Crippen LogP contribution in [0.2, 0.25) is 0 Å². The Hall–Kier alpha value is 0.0300. The summed E-state index contributed by atoms with van der Waals surface area (Å²) in [5.41, 5.74) is 5.54. The molecule has 0 fully saturated rings. The Morgan fingerprint density at radius 2 is 2.20 bits per heavy atom. The lowest BCUT2D eigenvalue weighted by atomic mass is 10.3. The molecule has 0 bridgehead atoms. The number of rotatable bonds is 2. The number of allylic oxidation sites excluding steroid dienone is 1. The molecule has 0 aromatic heterocycles. The smallest absolute Gasteiger partial charge is 0.154 e. The highest BCUT2D eigenvalue weighted by molar-refractivity contribution is 14.1. The van der Waals surface area contributed by atoms with Crippen LogP contribution < -0.4 is 5.73 Å². The fraction of sp³-hybridized carbons (Fsp3) is 0.500. The summed E-state index contributed by atoms with van der Waals surface area (Å²) in [5.74, 6) is -0.300. The molecule has 0 aliphatic rings. The van der Waals surface area contributed by atoms with Crippen molar-refractivity contribution in [3.05, 3.63) is 9.41 Å². The van der Waals surface area contributed by atoms with Gasteiger partial charge in [-0.2, -0.15) is 0 Å². The quantitative estimate of drug-likeness (QED) is 0.592. The summed E-state index contributed by atoms with van der Waals surface area (Å²) < 4.78 is 13.4. The monoisotopic (exact) mass is 256 g/mol. The zero-order chi connectivity index (χ0) is 8.15. The average Bonchev–Trinajstić information content (AvgIpc) is 1.90. The Morgan fingerprint density at radius 1 is 1.70 bits per heavy atom. The van der Waals surface area contributed by atoms with Crippen LogP contribution in [0.4, 0.5) is 4.39 Å². The third kappa shape index (κ3) is 2.74. The summed E-state index contributed by atoms with van der Waals surface area (Å²) in [7, 11) is 1.53. The maximum atomic E-state index is 12.9. The van der Waals surface area contributed by atoms with Crippen LogP contribution in [0.1, 0.15) is 6.92 Å². The van der Waals surface area contributed by atoms with Crippen LogP contribution in [0.15, 0.2) is 14.4 Å². The van der Waals surface area contributed by atoms with Crippen molar-refractivity contribution < 1.29 is 4.39 Å². The first-order valence-corrected chi connectivity index (χ1v) is 3.89. The standard InChI is InChI=1S/C6H10FIN2/c1-4(8)6(7)5(3-9)10-2/h3,9H2,1-2H3/b6-4-,10-5-. The van der Waals surface area contributed by atoms with Gasteiger partial charge in [0.15, 0.2) is 5.83 Å². The highest BCUT2D eigenvalue weighted by atomic mass is 127. The molecule has 0 aromatic carbocycles. The molecule has 0 radical (unpaired) electrons. The Morgan fingerprint density at radius 3 is 2.30 bits per heavy atom. The molecule has 2 nitrogen and oxygen atoms in total. The van der Waals surface area contributed by atoms with E-state index < -0.39 is 0 Å². The topological polar surface area (TPSA) is 38.4 Å². The maximum absolute atomic E-state index is 12.9. The molecule has 4 heteroatoms. The number of aliphatic imine (C=N–C) groups is 1. The van der Waals surface area contributed by atoms with Gasteiger partial charge in [-0.1, -0.05) is 0 Å². The molecule has 0 unspecified atom stereocenters. The summed E-state index contributed by atoms with van der Waals surface area (Å²) in [5, 5.41) is 0. The van der Waals surface area contributed by atoms with Gasteiger partial charge < -0.3 is 5.73 Å². The lowest BCUT2D eigenvalue weighted by molar-refractivity contribution is 0.675. The first kappa shape index (κ1) is 10.0. The summed E-state index contributed by atoms with van der Waals surface area (Å²) >= 11 is 1.90. The second-order valence-electron chi connectivity index (χ2n) is 1.72. The van der Waals surface area contributed by atoms with Crippen molar-refractivity contribution in [3.63, 3.8) is 0 Å².